The van der Waals surface area contributed by atoms with E-state index in [0.717, 1.165) is 44.9 Å². The SMILES string of the molecule is CO[C@]1(CC[C@@H](C)O[C@@H]2O[C@H](CO)[C@@H](O)[C@H](O)[C@H]2O)O[C@H]2C[C@@H]3[C@@H]4CC[C@@H]5C[C@H](O[C@@H]6O[C@H](CO)[C@@H](O[C@@H]7OC[C@H](O)[C@H](O)[C@H]7O[C@@H]7O[C@H](CO)[C@@H](O)[C@H](O)[C@H]7O)[C@H](O)[C@H]6O)CC[C@@]5(C)[C@H]4CC[C@@]3(C)[C@H]2[C@@H]1C. The molecule has 4 saturated carbocycles. The van der Waals surface area contributed by atoms with Crippen molar-refractivity contribution in [3.63, 3.8) is 0 Å². The van der Waals surface area contributed by atoms with E-state index in [4.69, 9.17) is 47.4 Å². The third-order valence-electron chi connectivity index (χ3n) is 19.8. The van der Waals surface area contributed by atoms with Crippen LogP contribution in [-0.4, -0.2) is 241 Å². The Labute approximate surface area is 425 Å². The number of rotatable bonds is 15. The fourth-order valence-corrected chi connectivity index (χ4v) is 15.6. The number of ether oxygens (including phenoxy) is 10. The molecule has 9 aliphatic rings. The topological polar surface area (TPSA) is 355 Å². The first-order valence-corrected chi connectivity index (χ1v) is 26.7. The van der Waals surface area contributed by atoms with Crippen LogP contribution >= 0.6 is 0 Å². The molecule has 0 radical (unpaired) electrons. The second kappa shape index (κ2) is 22.3. The van der Waals surface area contributed by atoms with Gasteiger partial charge in [-0.2, -0.15) is 0 Å². The van der Waals surface area contributed by atoms with Gasteiger partial charge in [0.2, 0.25) is 0 Å². The fraction of sp³-hybridized carbons (Fsp3) is 1.00. The molecular formula is C50H84O23. The molecule has 0 aromatic heterocycles. The maximum atomic E-state index is 11.5. The summed E-state index contributed by atoms with van der Waals surface area (Å²) in [5.74, 6) is 1.33. The minimum atomic E-state index is -1.86. The second-order valence-electron chi connectivity index (χ2n) is 23.5. The average Bonchev–Trinajstić information content (AvgIpc) is 3.84. The summed E-state index contributed by atoms with van der Waals surface area (Å²) in [6, 6.07) is 0. The maximum Gasteiger partial charge on any atom is 0.187 e. The summed E-state index contributed by atoms with van der Waals surface area (Å²) in [5, 5.41) is 136. The minimum Gasteiger partial charge on any atom is -0.394 e. The lowest BCUT2D eigenvalue weighted by Crippen LogP contribution is -2.65. The maximum absolute atomic E-state index is 11.5. The van der Waals surface area contributed by atoms with Crippen LogP contribution in [0.4, 0.5) is 0 Å². The molecule has 23 heteroatoms. The van der Waals surface area contributed by atoms with E-state index in [1.807, 2.05) is 6.92 Å². The Morgan fingerprint density at radius 2 is 1.18 bits per heavy atom. The Kier molecular flexibility index (Phi) is 17.4. The Morgan fingerprint density at radius 3 is 1.84 bits per heavy atom. The van der Waals surface area contributed by atoms with Crippen molar-refractivity contribution in [2.75, 3.05) is 33.5 Å². The van der Waals surface area contributed by atoms with Crippen LogP contribution in [0.2, 0.25) is 0 Å². The summed E-state index contributed by atoms with van der Waals surface area (Å²) in [7, 11) is 1.69. The first kappa shape index (κ1) is 56.8. The van der Waals surface area contributed by atoms with Crippen LogP contribution < -0.4 is 0 Å². The van der Waals surface area contributed by atoms with Gasteiger partial charge in [-0.25, -0.2) is 0 Å². The molecule has 23 nitrogen and oxygen atoms in total. The van der Waals surface area contributed by atoms with E-state index in [1.165, 1.54) is 0 Å². The Balaban J connectivity index is 0.791. The number of aliphatic hydroxyl groups excluding tert-OH is 13. The monoisotopic (exact) mass is 1050 g/mol. The predicted octanol–water partition coefficient (Wildman–Crippen LogP) is -2.91. The number of aliphatic hydroxyl groups is 13. The molecular weight excluding hydrogens is 969 g/mol. The molecule has 422 valence electrons. The van der Waals surface area contributed by atoms with E-state index in [9.17, 15) is 66.4 Å². The highest BCUT2D eigenvalue weighted by atomic mass is 16.8. The van der Waals surface area contributed by atoms with Crippen LogP contribution in [-0.2, 0) is 47.4 Å². The molecule has 0 spiro atoms. The quantitative estimate of drug-likeness (QED) is 0.0731. The molecule has 13 N–H and O–H groups in total. The third-order valence-corrected chi connectivity index (χ3v) is 19.8. The van der Waals surface area contributed by atoms with E-state index in [1.54, 1.807) is 7.11 Å². The lowest BCUT2D eigenvalue weighted by molar-refractivity contribution is -0.380. The molecule has 0 bridgehead atoms. The molecule has 73 heavy (non-hydrogen) atoms. The summed E-state index contributed by atoms with van der Waals surface area (Å²) >= 11 is 0. The molecule has 31 atom stereocenters. The van der Waals surface area contributed by atoms with Gasteiger partial charge in [0.1, 0.15) is 91.6 Å². The van der Waals surface area contributed by atoms with Crippen LogP contribution in [0.25, 0.3) is 0 Å². The summed E-state index contributed by atoms with van der Waals surface area (Å²) in [6.45, 7) is 6.56. The third kappa shape index (κ3) is 10.1. The van der Waals surface area contributed by atoms with Crippen molar-refractivity contribution in [2.24, 2.45) is 46.3 Å². The van der Waals surface area contributed by atoms with Crippen molar-refractivity contribution in [3.8, 4) is 0 Å². The molecule has 9 rings (SSSR count). The zero-order valence-electron chi connectivity index (χ0n) is 42.5. The van der Waals surface area contributed by atoms with Crippen molar-refractivity contribution in [3.05, 3.63) is 0 Å². The first-order valence-electron chi connectivity index (χ1n) is 26.7. The van der Waals surface area contributed by atoms with Crippen molar-refractivity contribution in [1.82, 2.24) is 0 Å². The van der Waals surface area contributed by atoms with Crippen LogP contribution in [0.3, 0.4) is 0 Å². The molecule has 0 aromatic carbocycles. The Morgan fingerprint density at radius 1 is 0.589 bits per heavy atom. The number of methoxy groups -OCH3 is 1. The standard InChI is InChI=1S/C50H84O23/c1-20(66-44-39(61)36(58)34(56)29(16-51)68-44)8-13-50(64-5)21(2)32-28(73-50)15-26-24-7-6-22-14-23(9-11-48(22,3)25(24)10-12-49(26,32)4)67-45-41(63)38(60)42(31(18-53)70-45)71-47-43(33(55)27(54)19-65-47)72-46-40(62)37(59)35(57)30(17-52)69-46/h20-47,51-63H,6-19H2,1-5H3/t20-,21+,22-,23-,24-,25+,26-,27+,28+,29-,30-,31-,32+,33+,34-,35-,36+,37+,38-,39-,40-,41-,42-,43-,44-,45-,46+,47+,48-,49-,50-/m1/s1. The van der Waals surface area contributed by atoms with Gasteiger partial charge in [0.15, 0.2) is 30.9 Å². The first-order chi connectivity index (χ1) is 34.6. The van der Waals surface area contributed by atoms with Gasteiger partial charge in [0.25, 0.3) is 0 Å². The molecule has 5 aliphatic heterocycles. The van der Waals surface area contributed by atoms with Gasteiger partial charge in [0.05, 0.1) is 44.7 Å². The molecule has 5 heterocycles. The Hall–Kier alpha value is -0.920. The number of hydrogen-bond acceptors (Lipinski definition) is 23. The van der Waals surface area contributed by atoms with E-state index in [2.05, 4.69) is 20.8 Å². The molecule has 0 unspecified atom stereocenters. The highest BCUT2D eigenvalue weighted by Gasteiger charge is 2.69. The van der Waals surface area contributed by atoms with Gasteiger partial charge in [-0.1, -0.05) is 20.8 Å². The van der Waals surface area contributed by atoms with Gasteiger partial charge >= 0.3 is 0 Å². The highest BCUT2D eigenvalue weighted by Crippen LogP contribution is 2.71. The van der Waals surface area contributed by atoms with E-state index < -0.39 is 155 Å². The van der Waals surface area contributed by atoms with Crippen LogP contribution in [0.5, 0.6) is 0 Å². The van der Waals surface area contributed by atoms with Crippen LogP contribution in [0, 0.1) is 46.3 Å². The van der Waals surface area contributed by atoms with Gasteiger partial charge in [-0.3, -0.25) is 0 Å². The fourth-order valence-electron chi connectivity index (χ4n) is 15.6. The van der Waals surface area contributed by atoms with Gasteiger partial charge < -0.3 is 114 Å². The summed E-state index contributed by atoms with van der Waals surface area (Å²) in [5.41, 5.74) is 0.0855. The molecule has 5 saturated heterocycles. The lowest BCUT2D eigenvalue weighted by atomic mass is 9.44. The van der Waals surface area contributed by atoms with E-state index in [0.29, 0.717) is 42.9 Å². The summed E-state index contributed by atoms with van der Waals surface area (Å²) in [6.07, 6.45) is -21.3. The smallest absolute Gasteiger partial charge is 0.187 e. The summed E-state index contributed by atoms with van der Waals surface area (Å²) in [4.78, 5) is 0. The van der Waals surface area contributed by atoms with Crippen molar-refractivity contribution >= 4 is 0 Å². The highest BCUT2D eigenvalue weighted by molar-refractivity contribution is 5.15. The zero-order valence-corrected chi connectivity index (χ0v) is 42.5. The van der Waals surface area contributed by atoms with Crippen LogP contribution in [0.1, 0.15) is 91.9 Å². The van der Waals surface area contributed by atoms with Gasteiger partial charge in [0, 0.05) is 19.4 Å². The number of fused-ring (bicyclic) bond motifs is 7. The molecule has 0 aromatic rings. The Bertz CT molecular complexity index is 1820. The minimum absolute atomic E-state index is 0.0195. The van der Waals surface area contributed by atoms with Crippen LogP contribution in [0.15, 0.2) is 0 Å². The summed E-state index contributed by atoms with van der Waals surface area (Å²) < 4.78 is 60.3. The molecule has 4 aliphatic carbocycles. The van der Waals surface area contributed by atoms with E-state index in [-0.39, 0.29) is 34.9 Å². The van der Waals surface area contributed by atoms with E-state index >= 15 is 0 Å². The van der Waals surface area contributed by atoms with Gasteiger partial charge in [-0.05, 0) is 105 Å². The zero-order chi connectivity index (χ0) is 52.6. The lowest BCUT2D eigenvalue weighted by Gasteiger charge is -2.61. The van der Waals surface area contributed by atoms with Crippen molar-refractivity contribution in [2.45, 2.75) is 233 Å². The molecule has 9 fully saturated rings. The normalized spacial score (nSPS) is 55.6. The second-order valence-corrected chi connectivity index (χ2v) is 23.5. The molecule has 0 amide bonds. The predicted molar refractivity (Wildman–Crippen MR) is 246 cm³/mol. The largest absolute Gasteiger partial charge is 0.394 e. The number of hydrogen-bond donors (Lipinski definition) is 13. The van der Waals surface area contributed by atoms with Crippen molar-refractivity contribution < 1.29 is 114 Å². The average molecular weight is 1050 g/mol. The van der Waals surface area contributed by atoms with Crippen molar-refractivity contribution in [1.29, 1.82) is 0 Å². The van der Waals surface area contributed by atoms with Gasteiger partial charge in [-0.15, -0.1) is 0 Å².